The summed E-state index contributed by atoms with van der Waals surface area (Å²) in [6.45, 7) is 4.28. The molecule has 0 spiro atoms. The molecule has 0 aliphatic rings. The van der Waals surface area contributed by atoms with Gasteiger partial charge in [-0.1, -0.05) is 5.16 Å². The zero-order chi connectivity index (χ0) is 14.8. The van der Waals surface area contributed by atoms with Crippen LogP contribution in [0.3, 0.4) is 0 Å². The van der Waals surface area contributed by atoms with E-state index in [1.165, 1.54) is 6.20 Å². The highest BCUT2D eigenvalue weighted by Crippen LogP contribution is 2.19. The van der Waals surface area contributed by atoms with E-state index in [2.05, 4.69) is 15.0 Å². The largest absolute Gasteiger partial charge is 0.360 e. The third-order valence-corrected chi connectivity index (χ3v) is 4.51. The van der Waals surface area contributed by atoms with Crippen molar-refractivity contribution in [1.29, 1.82) is 0 Å². The van der Waals surface area contributed by atoms with Crippen molar-refractivity contribution in [3.63, 3.8) is 0 Å². The molecule has 0 aliphatic heterocycles. The van der Waals surface area contributed by atoms with Crippen LogP contribution in [0.25, 0.3) is 0 Å². The summed E-state index contributed by atoms with van der Waals surface area (Å²) in [7, 11) is -3.66. The van der Waals surface area contributed by atoms with Crippen LogP contribution in [-0.4, -0.2) is 29.9 Å². The fraction of sp³-hybridized carbons (Fsp3) is 0.455. The molecule has 0 bridgehead atoms. The molecular weight excluding hydrogens is 282 g/mol. The molecule has 2 rings (SSSR count). The maximum atomic E-state index is 12.3. The molecule has 2 aromatic heterocycles. The van der Waals surface area contributed by atoms with Crippen LogP contribution in [0.15, 0.2) is 21.7 Å². The average Bonchev–Trinajstić information content (AvgIpc) is 2.97. The first kappa shape index (κ1) is 14.7. The van der Waals surface area contributed by atoms with Gasteiger partial charge in [-0.15, -0.1) is 0 Å². The van der Waals surface area contributed by atoms with Crippen molar-refractivity contribution in [1.82, 2.24) is 19.7 Å². The zero-order valence-electron chi connectivity index (χ0n) is 11.3. The summed E-state index contributed by atoms with van der Waals surface area (Å²) in [5.74, 6) is 0.443. The van der Waals surface area contributed by atoms with E-state index in [1.54, 1.807) is 24.6 Å². The van der Waals surface area contributed by atoms with Crippen molar-refractivity contribution >= 4 is 10.0 Å². The van der Waals surface area contributed by atoms with Crippen molar-refractivity contribution in [2.45, 2.75) is 31.8 Å². The van der Waals surface area contributed by atoms with Gasteiger partial charge in [0.1, 0.15) is 4.90 Å². The van der Waals surface area contributed by atoms with E-state index in [-0.39, 0.29) is 11.4 Å². The fourth-order valence-corrected chi connectivity index (χ4v) is 3.38. The lowest BCUT2D eigenvalue weighted by Gasteiger charge is -2.06. The summed E-state index contributed by atoms with van der Waals surface area (Å²) in [5.41, 5.74) is 6.49. The molecule has 0 radical (unpaired) electrons. The normalized spacial score (nSPS) is 11.9. The van der Waals surface area contributed by atoms with Gasteiger partial charge in [0.15, 0.2) is 5.76 Å². The van der Waals surface area contributed by atoms with Crippen molar-refractivity contribution in [2.24, 2.45) is 5.73 Å². The molecule has 0 saturated heterocycles. The Morgan fingerprint density at radius 1 is 1.45 bits per heavy atom. The molecular formula is C11H17N5O3S. The topological polar surface area (TPSA) is 116 Å². The first-order chi connectivity index (χ1) is 9.45. The van der Waals surface area contributed by atoms with Crippen LogP contribution in [0.1, 0.15) is 17.1 Å². The Hall–Kier alpha value is -1.71. The van der Waals surface area contributed by atoms with Crippen LogP contribution in [0.4, 0.5) is 0 Å². The molecule has 0 unspecified atom stereocenters. The first-order valence-corrected chi connectivity index (χ1v) is 7.57. The van der Waals surface area contributed by atoms with Crippen molar-refractivity contribution < 1.29 is 12.9 Å². The molecule has 0 atom stereocenters. The monoisotopic (exact) mass is 299 g/mol. The lowest BCUT2D eigenvalue weighted by atomic mass is 10.4. The predicted octanol–water partition coefficient (Wildman–Crippen LogP) is -0.0749. The summed E-state index contributed by atoms with van der Waals surface area (Å²) in [5, 5.41) is 7.71. The quantitative estimate of drug-likeness (QED) is 0.771. The first-order valence-electron chi connectivity index (χ1n) is 6.09. The highest BCUT2D eigenvalue weighted by atomic mass is 32.2. The molecule has 2 aromatic rings. The molecule has 0 amide bonds. The van der Waals surface area contributed by atoms with Crippen LogP contribution in [0.5, 0.6) is 0 Å². The van der Waals surface area contributed by atoms with Crippen LogP contribution >= 0.6 is 0 Å². The number of rotatable bonds is 6. The molecule has 8 nitrogen and oxygen atoms in total. The van der Waals surface area contributed by atoms with Crippen LogP contribution in [-0.2, 0) is 23.1 Å². The second kappa shape index (κ2) is 5.73. The molecule has 9 heteroatoms. The number of nitrogens with two attached hydrogens (primary N) is 1. The summed E-state index contributed by atoms with van der Waals surface area (Å²) in [6, 6.07) is 1.60. The van der Waals surface area contributed by atoms with E-state index in [0.717, 1.165) is 0 Å². The van der Waals surface area contributed by atoms with Gasteiger partial charge in [-0.05, 0) is 13.8 Å². The van der Waals surface area contributed by atoms with Gasteiger partial charge in [0.05, 0.1) is 30.7 Å². The molecule has 20 heavy (non-hydrogen) atoms. The predicted molar refractivity (Wildman–Crippen MR) is 71.3 cm³/mol. The van der Waals surface area contributed by atoms with Crippen molar-refractivity contribution in [3.05, 3.63) is 29.4 Å². The lowest BCUT2D eigenvalue weighted by molar-refractivity contribution is 0.380. The SMILES string of the molecule is Cc1nn(CCN)c(C)c1S(=O)(=O)NCc1ccno1. The number of aryl methyl sites for hydroxylation is 1. The Morgan fingerprint density at radius 2 is 2.20 bits per heavy atom. The van der Waals surface area contributed by atoms with E-state index in [4.69, 9.17) is 10.3 Å². The second-order valence-corrected chi connectivity index (χ2v) is 6.02. The van der Waals surface area contributed by atoms with Gasteiger partial charge in [-0.3, -0.25) is 4.68 Å². The highest BCUT2D eigenvalue weighted by molar-refractivity contribution is 7.89. The fourth-order valence-electron chi connectivity index (χ4n) is 1.98. The number of hydrogen-bond donors (Lipinski definition) is 2. The second-order valence-electron chi connectivity index (χ2n) is 4.32. The van der Waals surface area contributed by atoms with E-state index >= 15 is 0 Å². The summed E-state index contributed by atoms with van der Waals surface area (Å²) >= 11 is 0. The van der Waals surface area contributed by atoms with E-state index < -0.39 is 10.0 Å². The number of aromatic nitrogens is 3. The van der Waals surface area contributed by atoms with E-state index in [9.17, 15) is 8.42 Å². The van der Waals surface area contributed by atoms with Gasteiger partial charge in [-0.2, -0.15) is 5.10 Å². The molecule has 3 N–H and O–H groups in total. The van der Waals surface area contributed by atoms with Crippen LogP contribution < -0.4 is 10.5 Å². The number of sulfonamides is 1. The molecule has 110 valence electrons. The van der Waals surface area contributed by atoms with Crippen molar-refractivity contribution in [3.8, 4) is 0 Å². The lowest BCUT2D eigenvalue weighted by Crippen LogP contribution is -2.24. The number of nitrogens with one attached hydrogen (secondary N) is 1. The Bertz CT molecular complexity index is 675. The minimum atomic E-state index is -3.66. The van der Waals surface area contributed by atoms with E-state index in [0.29, 0.717) is 30.2 Å². The van der Waals surface area contributed by atoms with Crippen LogP contribution in [0.2, 0.25) is 0 Å². The average molecular weight is 299 g/mol. The maximum absolute atomic E-state index is 12.3. The Morgan fingerprint density at radius 3 is 2.80 bits per heavy atom. The molecule has 0 aliphatic carbocycles. The Balaban J connectivity index is 2.25. The van der Waals surface area contributed by atoms with Gasteiger partial charge in [-0.25, -0.2) is 13.1 Å². The molecule has 0 fully saturated rings. The summed E-state index contributed by atoms with van der Waals surface area (Å²) in [4.78, 5) is 0.186. The highest BCUT2D eigenvalue weighted by Gasteiger charge is 2.24. The summed E-state index contributed by atoms with van der Waals surface area (Å²) < 4.78 is 33.6. The van der Waals surface area contributed by atoms with Gasteiger partial charge < -0.3 is 10.3 Å². The maximum Gasteiger partial charge on any atom is 0.244 e. The van der Waals surface area contributed by atoms with Crippen molar-refractivity contribution in [2.75, 3.05) is 6.54 Å². The number of hydrogen-bond acceptors (Lipinski definition) is 6. The minimum Gasteiger partial charge on any atom is -0.360 e. The zero-order valence-corrected chi connectivity index (χ0v) is 12.1. The molecule has 0 saturated carbocycles. The van der Waals surface area contributed by atoms with Gasteiger partial charge in [0.25, 0.3) is 0 Å². The van der Waals surface area contributed by atoms with Gasteiger partial charge >= 0.3 is 0 Å². The Labute approximate surface area is 117 Å². The van der Waals surface area contributed by atoms with E-state index in [1.807, 2.05) is 0 Å². The van der Waals surface area contributed by atoms with Gasteiger partial charge in [0.2, 0.25) is 10.0 Å². The third-order valence-electron chi connectivity index (χ3n) is 2.85. The van der Waals surface area contributed by atoms with Gasteiger partial charge in [0, 0.05) is 12.6 Å². The molecule has 2 heterocycles. The van der Waals surface area contributed by atoms with Crippen LogP contribution in [0, 0.1) is 13.8 Å². The number of nitrogens with zero attached hydrogens (tertiary/aromatic N) is 3. The smallest absolute Gasteiger partial charge is 0.244 e. The molecule has 0 aromatic carbocycles. The third kappa shape index (κ3) is 2.89. The summed E-state index contributed by atoms with van der Waals surface area (Å²) in [6.07, 6.45) is 1.46. The minimum absolute atomic E-state index is 0.0449. The Kier molecular flexibility index (Phi) is 4.21. The standard InChI is InChI=1S/C11H17N5O3S/c1-8-11(9(2)16(15-8)6-4-12)20(17,18)14-7-10-3-5-13-19-10/h3,5,14H,4,6-7,12H2,1-2H3.